The zero-order chi connectivity index (χ0) is 28.7. The smallest absolute Gasteiger partial charge is 0.229 e. The summed E-state index contributed by atoms with van der Waals surface area (Å²) in [6.45, 7) is -0.805. The molecular weight excluding hydrogens is 536 g/mol. The van der Waals surface area contributed by atoms with Crippen LogP contribution < -0.4 is 9.47 Å². The molecule has 0 spiro atoms. The number of aromatic hydroxyl groups is 2. The minimum atomic E-state index is -1.77. The molecule has 0 aliphatic carbocycles. The molecule has 0 unspecified atom stereocenters. The zero-order valence-corrected chi connectivity index (χ0v) is 20.9. The molecule has 10 atom stereocenters. The fourth-order valence-electron chi connectivity index (χ4n) is 4.75. The molecule has 0 amide bonds. The lowest BCUT2D eigenvalue weighted by Gasteiger charge is -2.41. The van der Waals surface area contributed by atoms with Crippen LogP contribution >= 0.6 is 0 Å². The lowest BCUT2D eigenvalue weighted by Crippen LogP contribution is -2.61. The number of hydrogen-bond donors (Lipinski definition) is 8. The Bertz CT molecular complexity index is 1200. The lowest BCUT2D eigenvalue weighted by atomic mass is 9.95. The van der Waals surface area contributed by atoms with Crippen LogP contribution in [0.25, 0.3) is 0 Å². The second-order valence-electron chi connectivity index (χ2n) is 9.83. The quantitative estimate of drug-likeness (QED) is 0.198. The highest BCUT2D eigenvalue weighted by Gasteiger charge is 2.47. The van der Waals surface area contributed by atoms with E-state index in [4.69, 9.17) is 23.7 Å². The first-order valence-electron chi connectivity index (χ1n) is 12.5. The van der Waals surface area contributed by atoms with E-state index in [0.717, 1.165) is 0 Å². The lowest BCUT2D eigenvalue weighted by molar-refractivity contribution is -0.307. The summed E-state index contributed by atoms with van der Waals surface area (Å²) >= 11 is 0. The third-order valence-corrected chi connectivity index (χ3v) is 7.06. The number of fused-ring (bicyclic) bond motifs is 1. The van der Waals surface area contributed by atoms with Gasteiger partial charge in [-0.25, -0.2) is 0 Å². The van der Waals surface area contributed by atoms with Gasteiger partial charge in [-0.15, -0.1) is 0 Å². The summed E-state index contributed by atoms with van der Waals surface area (Å²) in [5.74, 6) is -1.03. The number of aliphatic hydroxyl groups is 6. The average Bonchev–Trinajstić information content (AvgIpc) is 2.93. The molecule has 14 nitrogen and oxygen atoms in total. The Morgan fingerprint density at radius 2 is 1.52 bits per heavy atom. The number of ketones is 1. The molecule has 2 aromatic carbocycles. The highest BCUT2D eigenvalue weighted by molar-refractivity contribution is 6.03. The third kappa shape index (κ3) is 5.45. The molecule has 3 aliphatic rings. The summed E-state index contributed by atoms with van der Waals surface area (Å²) < 4.78 is 28.0. The van der Waals surface area contributed by atoms with Gasteiger partial charge < -0.3 is 64.5 Å². The van der Waals surface area contributed by atoms with Gasteiger partial charge >= 0.3 is 0 Å². The maximum absolute atomic E-state index is 12.9. The van der Waals surface area contributed by atoms with Crippen molar-refractivity contribution in [2.75, 3.05) is 13.2 Å². The minimum absolute atomic E-state index is 0.0222. The molecule has 0 bridgehead atoms. The maximum atomic E-state index is 12.9. The van der Waals surface area contributed by atoms with E-state index in [1.165, 1.54) is 24.3 Å². The van der Waals surface area contributed by atoms with Crippen LogP contribution in [0.15, 0.2) is 36.4 Å². The van der Waals surface area contributed by atoms with Crippen molar-refractivity contribution in [3.8, 4) is 23.0 Å². The van der Waals surface area contributed by atoms with Crippen LogP contribution in [0.3, 0.4) is 0 Å². The first-order valence-corrected chi connectivity index (χ1v) is 12.5. The summed E-state index contributed by atoms with van der Waals surface area (Å²) in [7, 11) is 0. The van der Waals surface area contributed by atoms with Crippen molar-refractivity contribution in [2.45, 2.75) is 67.8 Å². The van der Waals surface area contributed by atoms with Crippen molar-refractivity contribution in [1.29, 1.82) is 0 Å². The Hall–Kier alpha value is -3.05. The van der Waals surface area contributed by atoms with Crippen LogP contribution in [0.2, 0.25) is 0 Å². The number of ether oxygens (including phenoxy) is 5. The molecular formula is C26H30O14. The molecule has 0 saturated carbocycles. The number of rotatable bonds is 6. The minimum Gasteiger partial charge on any atom is -0.508 e. The van der Waals surface area contributed by atoms with E-state index < -0.39 is 73.8 Å². The van der Waals surface area contributed by atoms with Crippen molar-refractivity contribution in [2.24, 2.45) is 0 Å². The van der Waals surface area contributed by atoms with Gasteiger partial charge in [-0.1, -0.05) is 12.1 Å². The first kappa shape index (κ1) is 28.5. The number of Topliss-reactive ketones (excluding diaryl/α,β-unsaturated/α-hetero) is 1. The van der Waals surface area contributed by atoms with Crippen LogP contribution in [-0.4, -0.2) is 115 Å². The largest absolute Gasteiger partial charge is 0.508 e. The molecule has 218 valence electrons. The normalized spacial score (nSPS) is 36.0. The summed E-state index contributed by atoms with van der Waals surface area (Å²) in [4.78, 5) is 12.9. The van der Waals surface area contributed by atoms with E-state index in [9.17, 15) is 45.6 Å². The van der Waals surface area contributed by atoms with E-state index in [1.807, 2.05) is 0 Å². The third-order valence-electron chi connectivity index (χ3n) is 7.06. The number of benzene rings is 2. The molecule has 0 aromatic heterocycles. The van der Waals surface area contributed by atoms with Gasteiger partial charge in [-0.2, -0.15) is 0 Å². The number of hydrogen-bond acceptors (Lipinski definition) is 14. The van der Waals surface area contributed by atoms with Crippen molar-refractivity contribution in [1.82, 2.24) is 0 Å². The van der Waals surface area contributed by atoms with Crippen molar-refractivity contribution in [3.63, 3.8) is 0 Å². The van der Waals surface area contributed by atoms with Crippen LogP contribution in [0.1, 0.15) is 28.4 Å². The Labute approximate surface area is 227 Å². The molecule has 2 saturated heterocycles. The van der Waals surface area contributed by atoms with Crippen molar-refractivity contribution >= 4 is 5.78 Å². The summed E-state index contributed by atoms with van der Waals surface area (Å²) in [5, 5.41) is 80.9. The van der Waals surface area contributed by atoms with Crippen LogP contribution in [0.4, 0.5) is 0 Å². The number of aliphatic hydroxyl groups excluding tert-OH is 6. The molecule has 8 N–H and O–H groups in total. The van der Waals surface area contributed by atoms with Gasteiger partial charge in [0.25, 0.3) is 0 Å². The predicted molar refractivity (Wildman–Crippen MR) is 130 cm³/mol. The van der Waals surface area contributed by atoms with Gasteiger partial charge in [0.2, 0.25) is 6.29 Å². The predicted octanol–water partition coefficient (Wildman–Crippen LogP) is -1.55. The molecule has 2 aromatic rings. The molecule has 14 heteroatoms. The highest BCUT2D eigenvalue weighted by atomic mass is 16.7. The van der Waals surface area contributed by atoms with Gasteiger partial charge in [-0.05, 0) is 29.8 Å². The van der Waals surface area contributed by atoms with Gasteiger partial charge in [0.1, 0.15) is 65.9 Å². The maximum Gasteiger partial charge on any atom is 0.229 e. The Kier molecular flexibility index (Phi) is 8.15. The molecule has 0 radical (unpaired) electrons. The molecule has 2 fully saturated rings. The van der Waals surface area contributed by atoms with E-state index in [-0.39, 0.29) is 41.6 Å². The van der Waals surface area contributed by atoms with Crippen LogP contribution in [-0.2, 0) is 14.2 Å². The second-order valence-corrected chi connectivity index (χ2v) is 9.83. The average molecular weight is 567 g/mol. The first-order chi connectivity index (χ1) is 19.0. The summed E-state index contributed by atoms with van der Waals surface area (Å²) in [6, 6.07) is 8.48. The molecule has 40 heavy (non-hydrogen) atoms. The van der Waals surface area contributed by atoms with E-state index in [1.54, 1.807) is 12.1 Å². The summed E-state index contributed by atoms with van der Waals surface area (Å²) in [6.07, 6.45) is -14.8. The Balaban J connectivity index is 1.34. The number of phenolic OH excluding ortho intramolecular Hbond substituents is 2. The van der Waals surface area contributed by atoms with Crippen molar-refractivity contribution < 1.29 is 69.3 Å². The number of carbonyl (C=O) groups is 1. The standard InChI is InChI=1S/C26H30O14/c27-11-3-1-10(2-4-11)16-7-13(29)18-12(28)5-6-15(24(18)38-16)39-26-23(35)21(33)20(32)17(40-26)9-37-25-22(34)19(31)14(30)8-36-25/h1-6,14,16-17,19-23,25-28,30-35H,7-9H2/t14-,16+,17-,19+,20-,21+,22-,23-,25+,26-/m1/s1. The topological polar surface area (TPSA) is 225 Å². The molecule has 3 aliphatic heterocycles. The van der Waals surface area contributed by atoms with Gasteiger partial charge in [0.15, 0.2) is 23.6 Å². The molecule has 3 heterocycles. The monoisotopic (exact) mass is 566 g/mol. The van der Waals surface area contributed by atoms with E-state index >= 15 is 0 Å². The Morgan fingerprint density at radius 1 is 0.825 bits per heavy atom. The van der Waals surface area contributed by atoms with Crippen LogP contribution in [0.5, 0.6) is 23.0 Å². The molecule has 5 rings (SSSR count). The zero-order valence-electron chi connectivity index (χ0n) is 20.9. The van der Waals surface area contributed by atoms with E-state index in [2.05, 4.69) is 0 Å². The van der Waals surface area contributed by atoms with Gasteiger partial charge in [-0.3, -0.25) is 4.79 Å². The van der Waals surface area contributed by atoms with E-state index in [0.29, 0.717) is 5.56 Å². The SMILES string of the molecule is O=C1C[C@@H](c2ccc(O)cc2)Oc2c(O[C@@H]3O[C@H](CO[C@@H]4OC[C@@H](O)[C@H](O)[C@H]4O)[C@@H](O)[C@H](O)[C@H]3O)ccc(O)c21. The summed E-state index contributed by atoms with van der Waals surface area (Å²) in [5.41, 5.74) is 0.419. The Morgan fingerprint density at radius 3 is 2.25 bits per heavy atom. The second kappa shape index (κ2) is 11.4. The van der Waals surface area contributed by atoms with Gasteiger partial charge in [0, 0.05) is 0 Å². The fourth-order valence-corrected chi connectivity index (χ4v) is 4.75. The van der Waals surface area contributed by atoms with Gasteiger partial charge in [0.05, 0.1) is 19.6 Å². The van der Waals surface area contributed by atoms with Crippen LogP contribution in [0, 0.1) is 0 Å². The number of carbonyl (C=O) groups excluding carboxylic acids is 1. The van der Waals surface area contributed by atoms with Crippen molar-refractivity contribution in [3.05, 3.63) is 47.5 Å². The number of phenols is 2. The fraction of sp³-hybridized carbons (Fsp3) is 0.500. The highest BCUT2D eigenvalue weighted by Crippen LogP contribution is 2.46.